The van der Waals surface area contributed by atoms with Crippen molar-refractivity contribution in [3.8, 4) is 0 Å². The minimum atomic E-state index is -1.08. The van der Waals surface area contributed by atoms with E-state index in [0.717, 1.165) is 25.9 Å². The number of nitrogens with two attached hydrogens (primary N) is 2. The predicted molar refractivity (Wildman–Crippen MR) is 344 cm³/mol. The summed E-state index contributed by atoms with van der Waals surface area (Å²) in [4.78, 5) is 146. The van der Waals surface area contributed by atoms with Gasteiger partial charge in [-0.25, -0.2) is 15.0 Å². The molecule has 0 radical (unpaired) electrons. The molecule has 492 valence electrons. The highest BCUT2D eigenvalue weighted by atomic mass is 16.2. The monoisotopic (exact) mass is 1280 g/mol. The van der Waals surface area contributed by atoms with E-state index in [1.165, 1.54) is 99.5 Å². The fourth-order valence-electron chi connectivity index (χ4n) is 9.79. The second kappa shape index (κ2) is 29.9. The molecule has 0 unspecified atom stereocenters. The molecule has 0 saturated carbocycles. The Morgan fingerprint density at radius 1 is 0.441 bits per heavy atom. The Morgan fingerprint density at radius 3 is 1.26 bits per heavy atom. The summed E-state index contributed by atoms with van der Waals surface area (Å²) in [7, 11) is 14.9. The summed E-state index contributed by atoms with van der Waals surface area (Å²) >= 11 is 0. The topological polar surface area (TPSA) is 424 Å². The van der Waals surface area contributed by atoms with Crippen LogP contribution in [0.4, 0.5) is 40.1 Å². The van der Waals surface area contributed by atoms with Crippen molar-refractivity contribution in [2.45, 2.75) is 31.7 Å². The van der Waals surface area contributed by atoms with E-state index in [9.17, 15) is 47.9 Å². The van der Waals surface area contributed by atoms with Gasteiger partial charge >= 0.3 is 0 Å². The fourth-order valence-corrected chi connectivity index (χ4v) is 9.79. The Kier molecular flexibility index (Phi) is 21.7. The Balaban J connectivity index is 0.749. The third kappa shape index (κ3) is 17.3. The van der Waals surface area contributed by atoms with Gasteiger partial charge in [0.2, 0.25) is 23.5 Å². The number of anilines is 7. The average molecular weight is 1280 g/mol. The molecule has 93 heavy (non-hydrogen) atoms. The molecule has 0 aromatic carbocycles. The first kappa shape index (κ1) is 67.5. The van der Waals surface area contributed by atoms with Gasteiger partial charge in [-0.15, -0.1) is 0 Å². The van der Waals surface area contributed by atoms with Crippen molar-refractivity contribution in [2.24, 2.45) is 67.8 Å². The van der Waals surface area contributed by atoms with Gasteiger partial charge in [-0.3, -0.25) is 47.9 Å². The summed E-state index contributed by atoms with van der Waals surface area (Å²) in [6, 6.07) is 6.27. The maximum absolute atomic E-state index is 13.6. The van der Waals surface area contributed by atoms with Crippen molar-refractivity contribution in [2.75, 3.05) is 83.5 Å². The van der Waals surface area contributed by atoms with Crippen LogP contribution in [0.15, 0.2) is 86.1 Å². The highest BCUT2D eigenvalue weighted by Crippen LogP contribution is 2.23. The van der Waals surface area contributed by atoms with E-state index in [1.807, 2.05) is 7.05 Å². The van der Waals surface area contributed by atoms with Crippen molar-refractivity contribution in [1.82, 2.24) is 72.3 Å². The number of aromatic nitrogens is 11. The minimum absolute atomic E-state index is 0.00764. The number of nitrogens with one attached hydrogen (secondary N) is 10. The van der Waals surface area contributed by atoms with E-state index < -0.39 is 59.2 Å². The SMILES string of the molecule is CN(CCCN)CCCNC(=O)CCNC(=O)c1cc(NC(=O)c2cc(NC(=O)c3cc(NC(=O)c4cc(NC(=O)[C@H](N)CCNC(=O)c5cc(NC(=O)c6nc(NC(=O)c7nc(NC(=O)c8nccn8C)cn7C)cn6C)cn5C)cn4C)cn3C)cn2C)cn1C. The van der Waals surface area contributed by atoms with Gasteiger partial charge < -0.3 is 106 Å². The molecule has 34 nitrogen and oxygen atoms in total. The van der Waals surface area contributed by atoms with Crippen LogP contribution in [0.25, 0.3) is 0 Å². The molecule has 8 heterocycles. The number of imidazole rings is 3. The summed E-state index contributed by atoms with van der Waals surface area (Å²) < 4.78 is 11.9. The number of rotatable bonds is 29. The van der Waals surface area contributed by atoms with Gasteiger partial charge in [0.1, 0.15) is 28.5 Å². The lowest BCUT2D eigenvalue weighted by atomic mass is 10.2. The van der Waals surface area contributed by atoms with E-state index in [-0.39, 0.29) is 106 Å². The van der Waals surface area contributed by atoms with E-state index in [0.29, 0.717) is 24.5 Å². The van der Waals surface area contributed by atoms with E-state index in [4.69, 9.17) is 11.5 Å². The highest BCUT2D eigenvalue weighted by molar-refractivity contribution is 6.10. The first-order valence-corrected chi connectivity index (χ1v) is 29.3. The summed E-state index contributed by atoms with van der Waals surface area (Å²) in [6.45, 7) is 2.98. The molecular weight excluding hydrogens is 1200 g/mol. The minimum Gasteiger partial charge on any atom is -0.356 e. The van der Waals surface area contributed by atoms with Gasteiger partial charge in [0, 0.05) is 138 Å². The zero-order valence-corrected chi connectivity index (χ0v) is 52.8. The number of amides is 10. The molecule has 0 fully saturated rings. The molecule has 8 aromatic heterocycles. The van der Waals surface area contributed by atoms with Gasteiger partial charge in [0.05, 0.1) is 34.5 Å². The van der Waals surface area contributed by atoms with Gasteiger partial charge in [0.25, 0.3) is 47.3 Å². The van der Waals surface area contributed by atoms with Crippen molar-refractivity contribution in [3.05, 3.63) is 132 Å². The first-order chi connectivity index (χ1) is 44.2. The third-order valence-electron chi connectivity index (χ3n) is 14.7. The molecule has 8 aromatic rings. The number of carbonyl (C=O) groups is 10. The highest BCUT2D eigenvalue weighted by Gasteiger charge is 2.25. The molecule has 0 aliphatic carbocycles. The maximum Gasteiger partial charge on any atom is 0.292 e. The van der Waals surface area contributed by atoms with Crippen LogP contribution >= 0.6 is 0 Å². The summed E-state index contributed by atoms with van der Waals surface area (Å²) in [5.41, 5.74) is 14.2. The molecule has 0 aliphatic rings. The Labute approximate surface area is 532 Å². The van der Waals surface area contributed by atoms with Crippen LogP contribution in [-0.4, -0.2) is 168 Å². The summed E-state index contributed by atoms with van der Waals surface area (Å²) in [5.74, 6) is -4.99. The Hall–Kier alpha value is -11.4. The van der Waals surface area contributed by atoms with Crippen molar-refractivity contribution in [1.29, 1.82) is 0 Å². The van der Waals surface area contributed by atoms with Crippen LogP contribution in [0.1, 0.15) is 110 Å². The molecule has 10 amide bonds. The van der Waals surface area contributed by atoms with Gasteiger partial charge in [-0.1, -0.05) is 0 Å². The number of hydrogen-bond acceptors (Lipinski definition) is 16. The first-order valence-electron chi connectivity index (χ1n) is 29.3. The van der Waals surface area contributed by atoms with Crippen molar-refractivity contribution >= 4 is 99.1 Å². The quantitative estimate of drug-likeness (QED) is 0.0292. The lowest BCUT2D eigenvalue weighted by Gasteiger charge is -2.15. The zero-order valence-electron chi connectivity index (χ0n) is 52.8. The van der Waals surface area contributed by atoms with E-state index >= 15 is 0 Å². The average Bonchev–Trinajstić information content (AvgIpc) is 1.88. The smallest absolute Gasteiger partial charge is 0.292 e. The van der Waals surface area contributed by atoms with Crippen LogP contribution in [0.2, 0.25) is 0 Å². The zero-order chi connectivity index (χ0) is 67.4. The lowest BCUT2D eigenvalue weighted by molar-refractivity contribution is -0.121. The van der Waals surface area contributed by atoms with Crippen molar-refractivity contribution < 1.29 is 47.9 Å². The molecule has 1 atom stereocenters. The van der Waals surface area contributed by atoms with Crippen LogP contribution in [0.5, 0.6) is 0 Å². The number of hydrogen-bond donors (Lipinski definition) is 12. The van der Waals surface area contributed by atoms with Gasteiger partial charge in [0.15, 0.2) is 17.5 Å². The molecule has 34 heteroatoms. The van der Waals surface area contributed by atoms with E-state index in [1.54, 1.807) is 79.5 Å². The number of carbonyl (C=O) groups excluding carboxylic acids is 10. The number of nitrogens with zero attached hydrogens (tertiary/aromatic N) is 12. The molecule has 0 spiro atoms. The largest absolute Gasteiger partial charge is 0.356 e. The second-order valence-electron chi connectivity index (χ2n) is 22.1. The van der Waals surface area contributed by atoms with Crippen LogP contribution in [-0.2, 0) is 66.0 Å². The number of aryl methyl sites for hydroxylation is 8. The lowest BCUT2D eigenvalue weighted by Crippen LogP contribution is -2.39. The summed E-state index contributed by atoms with van der Waals surface area (Å²) in [6.07, 6.45) is 15.5. The molecule has 0 saturated heterocycles. The molecule has 0 bridgehead atoms. The van der Waals surface area contributed by atoms with E-state index in [2.05, 4.69) is 73.0 Å². The Bertz CT molecular complexity index is 4130. The molecule has 0 aliphatic heterocycles. The standard InChI is InChI=1S/C59H76N24O10/c1-75(19-10-14-60)20-11-15-62-47(84)13-17-65-53(87)40-22-35(28-77(40)3)67-55(89)43-25-37(30-80(43)6)69-56(90)44-26-36(29-81(44)7)68-54(88)42-24-34(27-79(42)5)66-51(85)39(61)12-16-64-52(86)41-23-38(31-78(41)4)70-58(92)49-71-46(33-82(49)8)74-59(93)50-72-45(32-83(50)9)73-57(91)48-63-18-21-76(48)2/h18,21-33,39H,10-17,19-20,60-61H2,1-9H3,(H,62,84)(H,64,86)(H,65,87)(H,66,85)(H,67,89)(H,68,88)(H,69,90)(H,70,92)(H,73,91)(H,74,93)/t39-/m1/s1. The molecular formula is C59H76N24O10. The van der Waals surface area contributed by atoms with Crippen LogP contribution < -0.4 is 64.6 Å². The summed E-state index contributed by atoms with van der Waals surface area (Å²) in [5, 5.41) is 27.2. The third-order valence-corrected chi connectivity index (χ3v) is 14.7. The molecule has 8 rings (SSSR count). The maximum atomic E-state index is 13.6. The normalized spacial score (nSPS) is 11.4. The van der Waals surface area contributed by atoms with Gasteiger partial charge in [-0.2, -0.15) is 0 Å². The van der Waals surface area contributed by atoms with Crippen molar-refractivity contribution in [3.63, 3.8) is 0 Å². The fraction of sp³-hybridized carbons (Fsp3) is 0.339. The molecule has 14 N–H and O–H groups in total. The Morgan fingerprint density at radius 2 is 0.828 bits per heavy atom. The van der Waals surface area contributed by atoms with Crippen LogP contribution in [0, 0.1) is 0 Å². The second-order valence-corrected chi connectivity index (χ2v) is 22.1. The van der Waals surface area contributed by atoms with Gasteiger partial charge in [-0.05, 0) is 76.3 Å². The van der Waals surface area contributed by atoms with Crippen LogP contribution in [0.3, 0.4) is 0 Å². The predicted octanol–water partition coefficient (Wildman–Crippen LogP) is 1.09.